The van der Waals surface area contributed by atoms with E-state index in [1.54, 1.807) is 0 Å². The van der Waals surface area contributed by atoms with Crippen molar-refractivity contribution >= 4 is 49.5 Å². The number of thioether (sulfide) groups is 2. The molecule has 0 aliphatic carbocycles. The molecule has 2 aromatic heterocycles. The summed E-state index contributed by atoms with van der Waals surface area (Å²) in [4.78, 5) is 26.8. The molecule has 0 aromatic carbocycles. The van der Waals surface area contributed by atoms with Gasteiger partial charge in [-0.25, -0.2) is 9.97 Å². The molecule has 40 heavy (non-hydrogen) atoms. The SMILES string of the molecule is O=C(CC(SCCS(=O)(=O)O)c1cncc(C(F)(F)F)n1)CC(SCCS(=O)(=O)O)c1cncc(C(F)(F)F)n1. The normalized spacial score (nSPS) is 14.6. The van der Waals surface area contributed by atoms with Crippen molar-refractivity contribution in [3.8, 4) is 0 Å². The minimum absolute atomic E-state index is 0.349. The third-order valence-corrected chi connectivity index (χ3v) is 9.15. The van der Waals surface area contributed by atoms with Crippen LogP contribution >= 0.6 is 23.5 Å². The highest BCUT2D eigenvalue weighted by Gasteiger charge is 2.35. The number of rotatable bonds is 14. The first-order valence-electron chi connectivity index (χ1n) is 10.7. The van der Waals surface area contributed by atoms with Gasteiger partial charge in [0, 0.05) is 36.7 Å². The number of aromatic nitrogens is 4. The van der Waals surface area contributed by atoms with Gasteiger partial charge < -0.3 is 0 Å². The number of Topliss-reactive ketones (excluding diaryl/α,β-unsaturated/α-hetero) is 1. The van der Waals surface area contributed by atoms with Gasteiger partial charge in [-0.2, -0.15) is 66.7 Å². The fourth-order valence-electron chi connectivity index (χ4n) is 2.93. The maximum absolute atomic E-state index is 13.1. The van der Waals surface area contributed by atoms with Crippen LogP contribution in [0.3, 0.4) is 0 Å². The quantitative estimate of drug-likeness (QED) is 0.222. The minimum atomic E-state index is -4.90. The van der Waals surface area contributed by atoms with E-state index in [0.717, 1.165) is 12.4 Å². The average Bonchev–Trinajstić information content (AvgIpc) is 2.80. The highest BCUT2D eigenvalue weighted by atomic mass is 32.2. The Morgan fingerprint density at radius 1 is 0.725 bits per heavy atom. The Hall–Kier alpha value is -2.07. The number of carbonyl (C=O) groups excluding carboxylic acids is 1. The van der Waals surface area contributed by atoms with E-state index in [1.807, 2.05) is 0 Å². The second-order valence-corrected chi connectivity index (χ2v) is 13.7. The molecule has 2 N–H and O–H groups in total. The van der Waals surface area contributed by atoms with Crippen molar-refractivity contribution in [2.24, 2.45) is 0 Å². The maximum Gasteiger partial charge on any atom is 0.434 e. The lowest BCUT2D eigenvalue weighted by Crippen LogP contribution is -2.17. The first-order chi connectivity index (χ1) is 18.2. The van der Waals surface area contributed by atoms with Crippen molar-refractivity contribution in [3.63, 3.8) is 0 Å². The molecule has 0 spiro atoms. The fraction of sp³-hybridized carbons (Fsp3) is 0.526. The van der Waals surface area contributed by atoms with Gasteiger partial charge in [-0.3, -0.25) is 23.9 Å². The Morgan fingerprint density at radius 3 is 1.38 bits per heavy atom. The zero-order valence-corrected chi connectivity index (χ0v) is 23.1. The van der Waals surface area contributed by atoms with E-state index in [4.69, 9.17) is 9.11 Å². The minimum Gasteiger partial charge on any atom is -0.300 e. The molecular weight excluding hydrogens is 638 g/mol. The first kappa shape index (κ1) is 34.1. The third-order valence-electron chi connectivity index (χ3n) is 4.69. The van der Waals surface area contributed by atoms with E-state index in [9.17, 15) is 48.0 Å². The van der Waals surface area contributed by atoms with Gasteiger partial charge in [-0.05, 0) is 0 Å². The van der Waals surface area contributed by atoms with Gasteiger partial charge in [-0.15, -0.1) is 0 Å². The summed E-state index contributed by atoms with van der Waals surface area (Å²) in [7, 11) is -8.91. The number of alkyl halides is 6. The van der Waals surface area contributed by atoms with E-state index >= 15 is 0 Å². The molecule has 2 atom stereocenters. The van der Waals surface area contributed by atoms with E-state index < -0.39 is 84.6 Å². The lowest BCUT2D eigenvalue weighted by atomic mass is 10.1. The first-order valence-corrected chi connectivity index (χ1v) is 16.0. The summed E-state index contributed by atoms with van der Waals surface area (Å²) in [5.74, 6) is -3.07. The van der Waals surface area contributed by atoms with Crippen LogP contribution < -0.4 is 0 Å². The van der Waals surface area contributed by atoms with E-state index in [0.29, 0.717) is 35.9 Å². The van der Waals surface area contributed by atoms with Gasteiger partial charge >= 0.3 is 12.4 Å². The Balaban J connectivity index is 2.33. The molecule has 0 aliphatic rings. The van der Waals surface area contributed by atoms with Crippen molar-refractivity contribution in [2.45, 2.75) is 35.7 Å². The van der Waals surface area contributed by atoms with Crippen molar-refractivity contribution < 1.29 is 57.1 Å². The molecule has 2 aromatic rings. The van der Waals surface area contributed by atoms with Gasteiger partial charge in [0.2, 0.25) is 0 Å². The van der Waals surface area contributed by atoms with Crippen LogP contribution in [-0.4, -0.2) is 74.7 Å². The van der Waals surface area contributed by atoms with E-state index in [1.165, 1.54) is 0 Å². The van der Waals surface area contributed by atoms with Crippen LogP contribution in [0.4, 0.5) is 26.3 Å². The monoisotopic (exact) mass is 658 g/mol. The number of nitrogens with zero attached hydrogens (tertiary/aromatic N) is 4. The summed E-state index contributed by atoms with van der Waals surface area (Å²) >= 11 is 1.35. The van der Waals surface area contributed by atoms with Crippen molar-refractivity contribution in [3.05, 3.63) is 47.6 Å². The van der Waals surface area contributed by atoms with Crippen LogP contribution in [0.2, 0.25) is 0 Å². The average molecular weight is 659 g/mol. The molecule has 0 amide bonds. The Kier molecular flexibility index (Phi) is 11.7. The lowest BCUT2D eigenvalue weighted by molar-refractivity contribution is -0.142. The van der Waals surface area contributed by atoms with Gasteiger partial charge in [0.1, 0.15) is 5.78 Å². The summed E-state index contributed by atoms with van der Waals surface area (Å²) in [5, 5.41) is -2.42. The molecule has 0 aliphatic heterocycles. The number of halogens is 6. The summed E-state index contributed by atoms with van der Waals surface area (Å²) < 4.78 is 141. The van der Waals surface area contributed by atoms with Crippen molar-refractivity contribution in [2.75, 3.05) is 23.0 Å². The molecule has 224 valence electrons. The lowest BCUT2D eigenvalue weighted by Gasteiger charge is -2.19. The second-order valence-electron chi connectivity index (χ2n) is 7.89. The number of carbonyl (C=O) groups is 1. The molecule has 2 unspecified atom stereocenters. The molecule has 0 fully saturated rings. The van der Waals surface area contributed by atoms with E-state index in [2.05, 4.69) is 19.9 Å². The molecule has 0 bridgehead atoms. The Morgan fingerprint density at radius 2 is 1.07 bits per heavy atom. The smallest absolute Gasteiger partial charge is 0.300 e. The predicted molar refractivity (Wildman–Crippen MR) is 132 cm³/mol. The predicted octanol–water partition coefficient (Wildman–Crippen LogP) is 3.68. The van der Waals surface area contributed by atoms with Gasteiger partial charge in [0.25, 0.3) is 20.2 Å². The molecule has 21 heteroatoms. The van der Waals surface area contributed by atoms with Gasteiger partial charge in [-0.1, -0.05) is 0 Å². The highest BCUT2D eigenvalue weighted by Crippen LogP contribution is 2.38. The molecule has 2 rings (SSSR count). The summed E-state index contributed by atoms with van der Waals surface area (Å²) in [5.41, 5.74) is -3.48. The summed E-state index contributed by atoms with van der Waals surface area (Å²) in [6.45, 7) is 0. The zero-order chi connectivity index (χ0) is 30.4. The van der Waals surface area contributed by atoms with Crippen LogP contribution in [0.1, 0.15) is 46.1 Å². The van der Waals surface area contributed by atoms with Crippen molar-refractivity contribution in [1.29, 1.82) is 0 Å². The Bertz CT molecular complexity index is 1290. The van der Waals surface area contributed by atoms with Crippen LogP contribution in [0, 0.1) is 0 Å². The Labute approximate surface area is 232 Å². The fourth-order valence-corrected chi connectivity index (χ4v) is 7.13. The molecule has 2 heterocycles. The standard InChI is InChI=1S/C19H20F6N4O7S4/c20-18(21,22)16-9-26-7-12(28-16)14(37-1-3-39(31,32)33)5-11(30)6-15(38-2-4-40(34,35)36)13-8-27-10-17(29-13)19(23,24)25/h7-10,14-15H,1-6H2,(H,31,32,33)(H,34,35,36). The van der Waals surface area contributed by atoms with Gasteiger partial charge in [0.15, 0.2) is 11.4 Å². The largest absolute Gasteiger partial charge is 0.434 e. The van der Waals surface area contributed by atoms with E-state index in [-0.39, 0.29) is 22.9 Å². The molecule has 0 saturated heterocycles. The summed E-state index contributed by atoms with van der Waals surface area (Å²) in [6, 6.07) is 0. The topological polar surface area (TPSA) is 177 Å². The number of ketones is 1. The van der Waals surface area contributed by atoms with Crippen LogP contribution in [-0.2, 0) is 37.4 Å². The highest BCUT2D eigenvalue weighted by molar-refractivity contribution is 8.00. The molecule has 0 radical (unpaired) electrons. The molecule has 11 nitrogen and oxygen atoms in total. The van der Waals surface area contributed by atoms with Crippen molar-refractivity contribution in [1.82, 2.24) is 19.9 Å². The third kappa shape index (κ3) is 12.2. The number of hydrogen-bond acceptors (Lipinski definition) is 11. The number of hydrogen-bond donors (Lipinski definition) is 2. The molecule has 0 saturated carbocycles. The van der Waals surface area contributed by atoms with Gasteiger partial charge in [0.05, 0.1) is 45.8 Å². The van der Waals surface area contributed by atoms with Crippen LogP contribution in [0.15, 0.2) is 24.8 Å². The zero-order valence-electron chi connectivity index (χ0n) is 19.8. The second kappa shape index (κ2) is 13.7. The molecular formula is C19H20F6N4O7S4. The van der Waals surface area contributed by atoms with Crippen LogP contribution in [0.5, 0.6) is 0 Å². The maximum atomic E-state index is 13.1. The summed E-state index contributed by atoms with van der Waals surface area (Å²) in [6.07, 6.45) is -8.27. The van der Waals surface area contributed by atoms with Crippen LogP contribution in [0.25, 0.3) is 0 Å².